The molecule has 0 spiro atoms. The number of fused-ring (bicyclic) bond motifs is 2. The van der Waals surface area contributed by atoms with Crippen molar-refractivity contribution in [3.63, 3.8) is 0 Å². The van der Waals surface area contributed by atoms with Crippen LogP contribution < -0.4 is 10.6 Å². The Morgan fingerprint density at radius 1 is 1.30 bits per heavy atom. The van der Waals surface area contributed by atoms with Gasteiger partial charge in [0.1, 0.15) is 0 Å². The number of halogens is 1. The number of hydrogen-bond donors (Lipinski definition) is 3. The van der Waals surface area contributed by atoms with Crippen molar-refractivity contribution in [2.24, 2.45) is 10.4 Å². The van der Waals surface area contributed by atoms with Crippen molar-refractivity contribution < 1.29 is 9.84 Å². The summed E-state index contributed by atoms with van der Waals surface area (Å²) in [4.78, 5) is 4.79. The number of aliphatic imine (C=N–C) groups is 1. The molecule has 134 valence electrons. The highest BCUT2D eigenvalue weighted by molar-refractivity contribution is 14.0. The fraction of sp³-hybridized carbons (Fsp3) is 0.941. The maximum absolute atomic E-state index is 10.3. The van der Waals surface area contributed by atoms with Gasteiger partial charge in [-0.25, -0.2) is 0 Å². The first-order valence-corrected chi connectivity index (χ1v) is 8.99. The standard InChI is InChI=1S/C17H31N3O2.HI/c1-3-18-16(20-13-10-12-7-8-14(13)22-12)19-11-17(2)9-5-4-6-15(17)21;/h12-15,21H,3-11H2,1-2H3,(H2,18,19,20);1H. The highest BCUT2D eigenvalue weighted by atomic mass is 127. The summed E-state index contributed by atoms with van der Waals surface area (Å²) in [7, 11) is 0. The Bertz CT molecular complexity index is 421. The van der Waals surface area contributed by atoms with Gasteiger partial charge in [-0.2, -0.15) is 0 Å². The van der Waals surface area contributed by atoms with Gasteiger partial charge in [0.05, 0.1) is 30.9 Å². The molecule has 3 N–H and O–H groups in total. The third-order valence-electron chi connectivity index (χ3n) is 5.65. The van der Waals surface area contributed by atoms with E-state index in [1.54, 1.807) is 0 Å². The van der Waals surface area contributed by atoms with Crippen LogP contribution in [0.15, 0.2) is 4.99 Å². The summed E-state index contributed by atoms with van der Waals surface area (Å²) in [6.45, 7) is 5.80. The molecule has 0 aromatic heterocycles. The maximum Gasteiger partial charge on any atom is 0.191 e. The second-order valence-electron chi connectivity index (χ2n) is 7.47. The number of nitrogens with one attached hydrogen (secondary N) is 2. The molecule has 3 rings (SSSR count). The van der Waals surface area contributed by atoms with Crippen LogP contribution in [0.1, 0.15) is 58.8 Å². The third-order valence-corrected chi connectivity index (χ3v) is 5.65. The van der Waals surface area contributed by atoms with E-state index in [2.05, 4.69) is 24.5 Å². The van der Waals surface area contributed by atoms with E-state index >= 15 is 0 Å². The van der Waals surface area contributed by atoms with Gasteiger partial charge >= 0.3 is 0 Å². The molecule has 2 saturated heterocycles. The summed E-state index contributed by atoms with van der Waals surface area (Å²) >= 11 is 0. The fourth-order valence-electron chi connectivity index (χ4n) is 4.11. The van der Waals surface area contributed by atoms with E-state index in [0.717, 1.165) is 44.6 Å². The van der Waals surface area contributed by atoms with Crippen LogP contribution in [0.25, 0.3) is 0 Å². The molecule has 5 unspecified atom stereocenters. The second kappa shape index (κ2) is 8.34. The van der Waals surface area contributed by atoms with Crippen molar-refractivity contribution in [3.05, 3.63) is 0 Å². The molecule has 5 nitrogen and oxygen atoms in total. The normalized spacial score (nSPS) is 39.9. The Balaban J connectivity index is 0.00000192. The predicted molar refractivity (Wildman–Crippen MR) is 103 cm³/mol. The Kier molecular flexibility index (Phi) is 6.98. The molecule has 0 amide bonds. The molecule has 2 aliphatic heterocycles. The van der Waals surface area contributed by atoms with E-state index in [-0.39, 0.29) is 35.5 Å². The van der Waals surface area contributed by atoms with Gasteiger partial charge in [-0.15, -0.1) is 24.0 Å². The molecule has 0 aromatic rings. The molecular weight excluding hydrogens is 405 g/mol. The van der Waals surface area contributed by atoms with Crippen LogP contribution >= 0.6 is 24.0 Å². The first-order chi connectivity index (χ1) is 10.6. The van der Waals surface area contributed by atoms with Crippen LogP contribution in [0.3, 0.4) is 0 Å². The van der Waals surface area contributed by atoms with E-state index in [4.69, 9.17) is 9.73 Å². The lowest BCUT2D eigenvalue weighted by Gasteiger charge is -2.37. The summed E-state index contributed by atoms with van der Waals surface area (Å²) in [5, 5.41) is 17.2. The highest BCUT2D eigenvalue weighted by Crippen LogP contribution is 2.36. The number of guanidine groups is 1. The van der Waals surface area contributed by atoms with Crippen LogP contribution in [0.5, 0.6) is 0 Å². The van der Waals surface area contributed by atoms with Crippen molar-refractivity contribution in [1.82, 2.24) is 10.6 Å². The molecular formula is C17H32IN3O2. The van der Waals surface area contributed by atoms with Gasteiger partial charge in [0, 0.05) is 12.0 Å². The summed E-state index contributed by atoms with van der Waals surface area (Å²) < 4.78 is 5.91. The molecule has 2 bridgehead atoms. The minimum absolute atomic E-state index is 0. The quantitative estimate of drug-likeness (QED) is 0.359. The van der Waals surface area contributed by atoms with Crippen LogP contribution in [-0.2, 0) is 4.74 Å². The minimum atomic E-state index is -0.223. The summed E-state index contributed by atoms with van der Waals surface area (Å²) in [5.41, 5.74) is -0.0776. The van der Waals surface area contributed by atoms with Gasteiger partial charge in [0.25, 0.3) is 0 Å². The van der Waals surface area contributed by atoms with Crippen LogP contribution in [-0.4, -0.2) is 48.5 Å². The molecule has 23 heavy (non-hydrogen) atoms. The first-order valence-electron chi connectivity index (χ1n) is 8.99. The van der Waals surface area contributed by atoms with Gasteiger partial charge in [0.15, 0.2) is 5.96 Å². The molecule has 6 heteroatoms. The topological polar surface area (TPSA) is 65.9 Å². The van der Waals surface area contributed by atoms with Gasteiger partial charge in [-0.05, 0) is 39.0 Å². The summed E-state index contributed by atoms with van der Waals surface area (Å²) in [6.07, 6.45) is 8.36. The molecule has 0 radical (unpaired) electrons. The van der Waals surface area contributed by atoms with E-state index in [0.29, 0.717) is 24.8 Å². The number of hydrogen-bond acceptors (Lipinski definition) is 3. The van der Waals surface area contributed by atoms with Crippen molar-refractivity contribution in [3.8, 4) is 0 Å². The van der Waals surface area contributed by atoms with E-state index in [1.807, 2.05) is 0 Å². The molecule has 2 heterocycles. The summed E-state index contributed by atoms with van der Waals surface area (Å²) in [6, 6.07) is 0.389. The number of aliphatic hydroxyl groups excluding tert-OH is 1. The SMILES string of the molecule is CCNC(=NCC1(C)CCCCC1O)NC1CC2CCC1O2.I. The molecule has 3 fully saturated rings. The van der Waals surface area contributed by atoms with E-state index in [9.17, 15) is 5.11 Å². The smallest absolute Gasteiger partial charge is 0.191 e. The minimum Gasteiger partial charge on any atom is -0.392 e. The molecule has 1 aliphatic carbocycles. The van der Waals surface area contributed by atoms with Gasteiger partial charge in [-0.3, -0.25) is 4.99 Å². The Morgan fingerprint density at radius 3 is 2.74 bits per heavy atom. The zero-order valence-corrected chi connectivity index (χ0v) is 16.7. The molecule has 0 aromatic carbocycles. The van der Waals surface area contributed by atoms with Crippen molar-refractivity contribution in [1.29, 1.82) is 0 Å². The zero-order valence-electron chi connectivity index (χ0n) is 14.4. The first kappa shape index (κ1) is 19.2. The highest BCUT2D eigenvalue weighted by Gasteiger charge is 2.41. The third kappa shape index (κ3) is 4.51. The molecule has 1 saturated carbocycles. The fourth-order valence-corrected chi connectivity index (χ4v) is 4.11. The average molecular weight is 437 g/mol. The number of rotatable bonds is 4. The second-order valence-corrected chi connectivity index (χ2v) is 7.47. The largest absolute Gasteiger partial charge is 0.392 e. The number of nitrogens with zero attached hydrogens (tertiary/aromatic N) is 1. The lowest BCUT2D eigenvalue weighted by molar-refractivity contribution is 0.00714. The number of aliphatic hydroxyl groups is 1. The van der Waals surface area contributed by atoms with E-state index < -0.39 is 0 Å². The Hall–Kier alpha value is -0.0800. The molecule has 5 atom stereocenters. The van der Waals surface area contributed by atoms with Crippen molar-refractivity contribution in [2.45, 2.75) is 83.1 Å². The summed E-state index contributed by atoms with van der Waals surface area (Å²) in [5.74, 6) is 0.877. The van der Waals surface area contributed by atoms with Crippen molar-refractivity contribution in [2.75, 3.05) is 13.1 Å². The van der Waals surface area contributed by atoms with Crippen LogP contribution in [0, 0.1) is 5.41 Å². The zero-order chi connectivity index (χ0) is 15.6. The lowest BCUT2D eigenvalue weighted by atomic mass is 9.73. The van der Waals surface area contributed by atoms with Gasteiger partial charge in [0.2, 0.25) is 0 Å². The monoisotopic (exact) mass is 437 g/mol. The van der Waals surface area contributed by atoms with Crippen LogP contribution in [0.2, 0.25) is 0 Å². The van der Waals surface area contributed by atoms with E-state index in [1.165, 1.54) is 12.8 Å². The lowest BCUT2D eigenvalue weighted by Crippen LogP contribution is -2.48. The average Bonchev–Trinajstić information content (AvgIpc) is 3.11. The molecule has 3 aliphatic rings. The Morgan fingerprint density at radius 2 is 2.13 bits per heavy atom. The van der Waals surface area contributed by atoms with Gasteiger partial charge < -0.3 is 20.5 Å². The van der Waals surface area contributed by atoms with Crippen LogP contribution in [0.4, 0.5) is 0 Å². The maximum atomic E-state index is 10.3. The Labute approximate surface area is 157 Å². The van der Waals surface area contributed by atoms with Crippen molar-refractivity contribution >= 4 is 29.9 Å². The number of ether oxygens (including phenoxy) is 1. The predicted octanol–water partition coefficient (Wildman–Crippen LogP) is 2.42. The van der Waals surface area contributed by atoms with Gasteiger partial charge in [-0.1, -0.05) is 19.8 Å².